The minimum atomic E-state index is -4.42. The maximum Gasteiger partial charge on any atom is 0.416 e. The van der Waals surface area contributed by atoms with Crippen LogP contribution in [0, 0.1) is 0 Å². The van der Waals surface area contributed by atoms with E-state index in [-0.39, 0.29) is 25.8 Å². The van der Waals surface area contributed by atoms with Crippen LogP contribution in [0.4, 0.5) is 13.2 Å². The number of halogens is 3. The average molecular weight is 496 g/mol. The number of alkyl halides is 3. The third-order valence-electron chi connectivity index (χ3n) is 5.70. The van der Waals surface area contributed by atoms with Crippen molar-refractivity contribution in [3.05, 3.63) is 95.4 Å². The second kappa shape index (κ2) is 10.6. The highest BCUT2D eigenvalue weighted by Gasteiger charge is 2.30. The molecule has 1 unspecified atom stereocenters. The van der Waals surface area contributed by atoms with Gasteiger partial charge in [-0.25, -0.2) is 14.8 Å². The lowest BCUT2D eigenvalue weighted by molar-refractivity contribution is -0.141. The zero-order valence-corrected chi connectivity index (χ0v) is 19.1. The molecule has 4 aromatic rings. The number of carboxylic acid groups (broad SMARTS) is 1. The Bertz CT molecular complexity index is 1350. The molecule has 0 aliphatic carbocycles. The third-order valence-corrected chi connectivity index (χ3v) is 5.70. The molecule has 1 atom stereocenters. The largest absolute Gasteiger partial charge is 0.480 e. The minimum absolute atomic E-state index is 0.0189. The number of carboxylic acids is 1. The molecule has 2 aromatic carbocycles. The van der Waals surface area contributed by atoms with E-state index in [9.17, 15) is 27.9 Å². The smallest absolute Gasteiger partial charge is 0.416 e. The summed E-state index contributed by atoms with van der Waals surface area (Å²) in [6.45, 7) is 0.217. The van der Waals surface area contributed by atoms with Crippen LogP contribution < -0.4 is 5.32 Å². The molecule has 0 spiro atoms. The number of nitrogens with one attached hydrogen (secondary N) is 1. The summed E-state index contributed by atoms with van der Waals surface area (Å²) in [6, 6.07) is 16.2. The fraction of sp³-hybridized carbons (Fsp3) is 0.231. The van der Waals surface area contributed by atoms with Gasteiger partial charge in [0.2, 0.25) is 5.91 Å². The maximum absolute atomic E-state index is 12.9. The molecule has 0 radical (unpaired) electrons. The zero-order chi connectivity index (χ0) is 25.7. The Balaban J connectivity index is 1.48. The molecule has 1 amide bonds. The van der Waals surface area contributed by atoms with Crippen molar-refractivity contribution in [1.82, 2.24) is 19.9 Å². The lowest BCUT2D eigenvalue weighted by Gasteiger charge is -2.15. The number of amides is 1. The van der Waals surface area contributed by atoms with Gasteiger partial charge in [-0.05, 0) is 35.4 Å². The molecule has 10 heteroatoms. The first-order valence-corrected chi connectivity index (χ1v) is 11.2. The summed E-state index contributed by atoms with van der Waals surface area (Å²) >= 11 is 0. The van der Waals surface area contributed by atoms with Gasteiger partial charge in [-0.15, -0.1) is 0 Å². The first-order valence-electron chi connectivity index (χ1n) is 11.2. The van der Waals surface area contributed by atoms with Gasteiger partial charge in [0.15, 0.2) is 5.65 Å². The summed E-state index contributed by atoms with van der Waals surface area (Å²) in [6.07, 6.45) is -2.51. The number of fused-ring (bicyclic) bond motifs is 1. The van der Waals surface area contributed by atoms with Crippen LogP contribution in [0.1, 0.15) is 28.9 Å². The van der Waals surface area contributed by atoms with E-state index in [0.29, 0.717) is 22.6 Å². The number of carbonyl (C=O) groups is 2. The number of pyridine rings is 1. The highest BCUT2D eigenvalue weighted by atomic mass is 19.4. The average Bonchev–Trinajstić information content (AvgIpc) is 3.20. The SMILES string of the molecule is O=C(CCc1nc2cccnc2n1Cc1ccc(C(F)(F)F)cc1)NC(Cc1ccccc1)C(=O)O. The van der Waals surface area contributed by atoms with E-state index < -0.39 is 29.7 Å². The van der Waals surface area contributed by atoms with E-state index in [1.807, 2.05) is 6.07 Å². The molecule has 0 aliphatic heterocycles. The van der Waals surface area contributed by atoms with Crippen LogP contribution in [0.25, 0.3) is 11.2 Å². The first kappa shape index (κ1) is 24.9. The van der Waals surface area contributed by atoms with Crippen molar-refractivity contribution in [3.63, 3.8) is 0 Å². The molecule has 0 saturated heterocycles. The second-order valence-corrected chi connectivity index (χ2v) is 8.30. The van der Waals surface area contributed by atoms with Crippen molar-refractivity contribution in [2.75, 3.05) is 0 Å². The van der Waals surface area contributed by atoms with Gasteiger partial charge in [0.1, 0.15) is 17.4 Å². The number of aliphatic carboxylic acids is 1. The van der Waals surface area contributed by atoms with Crippen molar-refractivity contribution in [2.24, 2.45) is 0 Å². The molecule has 186 valence electrons. The van der Waals surface area contributed by atoms with Crippen molar-refractivity contribution in [3.8, 4) is 0 Å². The lowest BCUT2D eigenvalue weighted by Crippen LogP contribution is -2.42. The number of benzene rings is 2. The van der Waals surface area contributed by atoms with Crippen LogP contribution in [0.5, 0.6) is 0 Å². The minimum Gasteiger partial charge on any atom is -0.480 e. The Hall–Kier alpha value is -4.21. The van der Waals surface area contributed by atoms with E-state index >= 15 is 0 Å². The summed E-state index contributed by atoms with van der Waals surface area (Å²) in [4.78, 5) is 33.2. The van der Waals surface area contributed by atoms with Gasteiger partial charge in [0.25, 0.3) is 0 Å². The van der Waals surface area contributed by atoms with Crippen molar-refractivity contribution >= 4 is 23.0 Å². The number of aryl methyl sites for hydroxylation is 1. The Labute approximate surface area is 204 Å². The summed E-state index contributed by atoms with van der Waals surface area (Å²) in [5.74, 6) is -1.06. The highest BCUT2D eigenvalue weighted by molar-refractivity contribution is 5.84. The van der Waals surface area contributed by atoms with Gasteiger partial charge in [0, 0.05) is 25.5 Å². The zero-order valence-electron chi connectivity index (χ0n) is 19.1. The van der Waals surface area contributed by atoms with Gasteiger partial charge >= 0.3 is 12.1 Å². The quantitative estimate of drug-likeness (QED) is 0.361. The molecule has 0 saturated carbocycles. The van der Waals surface area contributed by atoms with Gasteiger partial charge in [-0.2, -0.15) is 13.2 Å². The number of rotatable bonds is 9. The topological polar surface area (TPSA) is 97.1 Å². The summed E-state index contributed by atoms with van der Waals surface area (Å²) < 4.78 is 40.5. The monoisotopic (exact) mass is 496 g/mol. The predicted octanol–water partition coefficient (Wildman–Crippen LogP) is 4.24. The van der Waals surface area contributed by atoms with Gasteiger partial charge in [-0.1, -0.05) is 42.5 Å². The summed E-state index contributed by atoms with van der Waals surface area (Å²) in [7, 11) is 0. The molecule has 2 aromatic heterocycles. The van der Waals surface area contributed by atoms with Crippen molar-refractivity contribution < 1.29 is 27.9 Å². The van der Waals surface area contributed by atoms with Gasteiger partial charge in [0.05, 0.1) is 12.1 Å². The Kier molecular flexibility index (Phi) is 7.33. The molecule has 0 fully saturated rings. The van der Waals surface area contributed by atoms with Gasteiger partial charge < -0.3 is 15.0 Å². The molecule has 0 aliphatic rings. The maximum atomic E-state index is 12.9. The number of hydrogen-bond acceptors (Lipinski definition) is 4. The number of aromatic nitrogens is 3. The van der Waals surface area contributed by atoms with Crippen LogP contribution in [-0.2, 0) is 35.2 Å². The molecule has 4 rings (SSSR count). The van der Waals surface area contributed by atoms with E-state index in [2.05, 4.69) is 15.3 Å². The first-order chi connectivity index (χ1) is 17.2. The van der Waals surface area contributed by atoms with E-state index in [4.69, 9.17) is 0 Å². The predicted molar refractivity (Wildman–Crippen MR) is 126 cm³/mol. The molecule has 2 heterocycles. The van der Waals surface area contributed by atoms with Crippen molar-refractivity contribution in [1.29, 1.82) is 0 Å². The van der Waals surface area contributed by atoms with E-state index in [1.165, 1.54) is 12.1 Å². The third kappa shape index (κ3) is 6.07. The Morgan fingerprint density at radius 3 is 2.36 bits per heavy atom. The lowest BCUT2D eigenvalue weighted by atomic mass is 10.1. The van der Waals surface area contributed by atoms with Gasteiger partial charge in [-0.3, -0.25) is 4.79 Å². The van der Waals surface area contributed by atoms with Crippen molar-refractivity contribution in [2.45, 2.75) is 38.0 Å². The number of carbonyl (C=O) groups excluding carboxylic acids is 1. The molecular weight excluding hydrogens is 473 g/mol. The molecule has 36 heavy (non-hydrogen) atoms. The molecular formula is C26H23F3N4O3. The normalized spacial score (nSPS) is 12.4. The molecule has 7 nitrogen and oxygen atoms in total. The Morgan fingerprint density at radius 2 is 1.69 bits per heavy atom. The number of nitrogens with zero attached hydrogens (tertiary/aromatic N) is 3. The standard InChI is InChI=1S/C26H23F3N4O3/c27-26(28,29)19-10-8-18(9-11-19)16-33-22(31-20-7-4-14-30-24(20)33)12-13-23(34)32-21(25(35)36)15-17-5-2-1-3-6-17/h1-11,14,21H,12-13,15-16H2,(H,32,34)(H,35,36). The second-order valence-electron chi connectivity index (χ2n) is 8.30. The molecule has 2 N–H and O–H groups in total. The van der Waals surface area contributed by atoms with Crippen LogP contribution in [-0.4, -0.2) is 37.6 Å². The van der Waals surface area contributed by atoms with Crippen LogP contribution >= 0.6 is 0 Å². The Morgan fingerprint density at radius 1 is 0.972 bits per heavy atom. The number of imidazole rings is 1. The van der Waals surface area contributed by atoms with Crippen LogP contribution in [0.2, 0.25) is 0 Å². The van der Waals surface area contributed by atoms with E-state index in [0.717, 1.165) is 17.7 Å². The van der Waals surface area contributed by atoms with E-state index in [1.54, 1.807) is 47.2 Å². The molecule has 0 bridgehead atoms. The summed E-state index contributed by atoms with van der Waals surface area (Å²) in [5.41, 5.74) is 1.80. The van der Waals surface area contributed by atoms with Crippen LogP contribution in [0.15, 0.2) is 72.9 Å². The summed E-state index contributed by atoms with van der Waals surface area (Å²) in [5, 5.41) is 12.1. The van der Waals surface area contributed by atoms with Crippen LogP contribution in [0.3, 0.4) is 0 Å². The fourth-order valence-corrected chi connectivity index (χ4v) is 3.89. The fourth-order valence-electron chi connectivity index (χ4n) is 3.89. The highest BCUT2D eigenvalue weighted by Crippen LogP contribution is 2.29. The number of hydrogen-bond donors (Lipinski definition) is 2.